The smallest absolute Gasteiger partial charge is 0.340 e. The maximum absolute atomic E-state index is 4.99. The number of hydrogen-bond donors (Lipinski definition) is 0. The zero-order valence-electron chi connectivity index (χ0n) is 32.8. The molecule has 0 bridgehead atoms. The Morgan fingerprint density at radius 3 is 2.02 bits per heavy atom. The van der Waals surface area contributed by atoms with E-state index in [9.17, 15) is 0 Å². The van der Waals surface area contributed by atoms with Gasteiger partial charge < -0.3 is 8.97 Å². The zero-order valence-corrected chi connectivity index (χ0v) is 36.9. The summed E-state index contributed by atoms with van der Waals surface area (Å²) in [5.41, 5.74) is 6.69. The van der Waals surface area contributed by atoms with Crippen LogP contribution in [0.5, 0.6) is 0 Å². The van der Waals surface area contributed by atoms with Gasteiger partial charge in [0.2, 0.25) is 0 Å². The summed E-state index contributed by atoms with van der Waals surface area (Å²) in [6.07, 6.45) is 5.85. The first-order valence-corrected chi connectivity index (χ1v) is 22.9. The van der Waals surface area contributed by atoms with Gasteiger partial charge in [0, 0.05) is 44.8 Å². The van der Waals surface area contributed by atoms with Crippen molar-refractivity contribution in [3.05, 3.63) is 206 Å². The molecular weight excluding hydrogens is 948 g/mol. The van der Waals surface area contributed by atoms with Crippen molar-refractivity contribution in [3.8, 4) is 5.82 Å². The predicted octanol–water partition coefficient (Wildman–Crippen LogP) is 9.90. The number of para-hydroxylation sites is 1. The molecule has 4 nitrogen and oxygen atoms in total. The number of hydrogen-bond acceptors (Lipinski definition) is 3. The summed E-state index contributed by atoms with van der Waals surface area (Å²) in [6.45, 7) is 4.76. The SMILES string of the molecule is CC1(C)c2ccccc2Sc2ccc3c(c21)c1ccc([Si](c2[c-]c4c(cc2)c2ccccc2n2ccnc42)(c2ccccc2)c2ccccc2)[c-]c1n3-c1ccccn1.[Pt+2]. The van der Waals surface area contributed by atoms with Crippen LogP contribution in [0.15, 0.2) is 192 Å². The van der Waals surface area contributed by atoms with Crippen LogP contribution in [-0.4, -0.2) is 27.0 Å². The number of pyridine rings is 2. The van der Waals surface area contributed by atoms with Crippen LogP contribution < -0.4 is 20.7 Å². The van der Waals surface area contributed by atoms with Gasteiger partial charge in [-0.05, 0) is 68.7 Å². The van der Waals surface area contributed by atoms with E-state index in [1.165, 1.54) is 47.4 Å². The van der Waals surface area contributed by atoms with Crippen molar-refractivity contribution in [3.63, 3.8) is 0 Å². The summed E-state index contributed by atoms with van der Waals surface area (Å²) in [5, 5.41) is 10.6. The van der Waals surface area contributed by atoms with Gasteiger partial charge in [0.1, 0.15) is 13.9 Å². The van der Waals surface area contributed by atoms with Gasteiger partial charge in [0.25, 0.3) is 0 Å². The summed E-state index contributed by atoms with van der Waals surface area (Å²) in [7, 11) is -3.13. The fourth-order valence-corrected chi connectivity index (χ4v) is 16.0. The fraction of sp³-hybridized carbons (Fsp3) is 0.0566. The van der Waals surface area contributed by atoms with E-state index in [0.717, 1.165) is 49.2 Å². The fourth-order valence-electron chi connectivity index (χ4n) is 10.0. The topological polar surface area (TPSA) is 35.1 Å². The Morgan fingerprint density at radius 1 is 0.567 bits per heavy atom. The third-order valence-corrected chi connectivity index (χ3v) is 18.3. The minimum absolute atomic E-state index is 0. The minimum atomic E-state index is -3.13. The Morgan fingerprint density at radius 2 is 1.25 bits per heavy atom. The summed E-state index contributed by atoms with van der Waals surface area (Å²) >= 11 is 1.88. The van der Waals surface area contributed by atoms with Crippen molar-refractivity contribution in [2.75, 3.05) is 0 Å². The van der Waals surface area contributed by atoms with Crippen LogP contribution in [0.3, 0.4) is 0 Å². The normalized spacial score (nSPS) is 13.4. The third kappa shape index (κ3) is 5.21. The van der Waals surface area contributed by atoms with Crippen LogP contribution in [0.2, 0.25) is 0 Å². The molecule has 12 rings (SSSR count). The second kappa shape index (κ2) is 14.0. The van der Waals surface area contributed by atoms with Gasteiger partial charge in [-0.15, -0.1) is 34.2 Å². The molecule has 0 atom stereocenters. The van der Waals surface area contributed by atoms with Gasteiger partial charge in [-0.2, -0.15) is 23.4 Å². The zero-order chi connectivity index (χ0) is 39.3. The van der Waals surface area contributed by atoms with Crippen molar-refractivity contribution in [1.82, 2.24) is 18.9 Å². The van der Waals surface area contributed by atoms with E-state index >= 15 is 0 Å². The Kier molecular flexibility index (Phi) is 8.65. The van der Waals surface area contributed by atoms with Crippen molar-refractivity contribution in [1.29, 1.82) is 0 Å². The quantitative estimate of drug-likeness (QED) is 0.0747. The molecule has 0 saturated heterocycles. The van der Waals surface area contributed by atoms with Crippen molar-refractivity contribution in [2.45, 2.75) is 29.1 Å². The van der Waals surface area contributed by atoms with Crippen LogP contribution in [0.4, 0.5) is 0 Å². The first-order valence-electron chi connectivity index (χ1n) is 20.1. The number of aromatic nitrogens is 4. The van der Waals surface area contributed by atoms with Crippen LogP contribution in [-0.2, 0) is 26.5 Å². The van der Waals surface area contributed by atoms with Gasteiger partial charge >= 0.3 is 21.1 Å². The molecule has 288 valence electrons. The van der Waals surface area contributed by atoms with Gasteiger partial charge in [0.05, 0.1) is 5.65 Å². The Bertz CT molecular complexity index is 3410. The van der Waals surface area contributed by atoms with Gasteiger partial charge in [0.15, 0.2) is 0 Å². The molecule has 0 unspecified atom stereocenters. The second-order valence-corrected chi connectivity index (χ2v) is 20.8. The maximum atomic E-state index is 4.99. The second-order valence-electron chi connectivity index (χ2n) is 16.0. The monoisotopic (exact) mass is 983 g/mol. The van der Waals surface area contributed by atoms with Crippen LogP contribution in [0.1, 0.15) is 25.0 Å². The molecular formula is C53H36N4PtSSi. The molecule has 0 fully saturated rings. The molecule has 0 amide bonds. The van der Waals surface area contributed by atoms with E-state index in [0.29, 0.717) is 0 Å². The molecule has 0 saturated carbocycles. The minimum Gasteiger partial charge on any atom is -0.340 e. The Hall–Kier alpha value is -6.04. The Labute approximate surface area is 367 Å². The van der Waals surface area contributed by atoms with E-state index in [1.54, 1.807) is 0 Å². The number of nitrogens with zero attached hydrogens (tertiary/aromatic N) is 4. The van der Waals surface area contributed by atoms with Crippen LogP contribution >= 0.6 is 11.8 Å². The summed E-state index contributed by atoms with van der Waals surface area (Å²) in [6, 6.07) is 68.1. The van der Waals surface area contributed by atoms with Crippen molar-refractivity contribution < 1.29 is 21.1 Å². The molecule has 5 heterocycles. The molecule has 7 aromatic carbocycles. The summed E-state index contributed by atoms with van der Waals surface area (Å²) < 4.78 is 4.55. The number of benzene rings is 7. The molecule has 60 heavy (non-hydrogen) atoms. The van der Waals surface area contributed by atoms with Crippen LogP contribution in [0, 0.1) is 12.1 Å². The summed E-state index contributed by atoms with van der Waals surface area (Å²) in [4.78, 5) is 12.5. The molecule has 11 aromatic rings. The van der Waals surface area contributed by atoms with Gasteiger partial charge in [-0.1, -0.05) is 140 Å². The molecule has 0 spiro atoms. The molecule has 7 heteroatoms. The average Bonchev–Trinajstić information content (AvgIpc) is 3.92. The number of fused-ring (bicyclic) bond motifs is 12. The maximum Gasteiger partial charge on any atom is 2.00 e. The van der Waals surface area contributed by atoms with E-state index in [2.05, 4.69) is 199 Å². The number of imidazole rings is 1. The average molecular weight is 984 g/mol. The molecule has 4 aromatic heterocycles. The van der Waals surface area contributed by atoms with E-state index in [4.69, 9.17) is 9.97 Å². The third-order valence-electron chi connectivity index (χ3n) is 12.6. The Balaban J connectivity index is 0.00000408. The van der Waals surface area contributed by atoms with Gasteiger partial charge in [-0.3, -0.25) is 4.98 Å². The van der Waals surface area contributed by atoms with E-state index in [-0.39, 0.29) is 26.5 Å². The van der Waals surface area contributed by atoms with Gasteiger partial charge in [-0.25, -0.2) is 4.98 Å². The van der Waals surface area contributed by atoms with Crippen molar-refractivity contribution in [2.24, 2.45) is 0 Å². The molecule has 1 aliphatic rings. The number of rotatable bonds is 5. The predicted molar refractivity (Wildman–Crippen MR) is 246 cm³/mol. The molecule has 0 radical (unpaired) electrons. The first kappa shape index (κ1) is 37.0. The molecule has 1 aliphatic heterocycles. The van der Waals surface area contributed by atoms with Crippen molar-refractivity contribution >= 4 is 89.7 Å². The van der Waals surface area contributed by atoms with E-state index < -0.39 is 8.07 Å². The molecule has 0 N–H and O–H groups in total. The van der Waals surface area contributed by atoms with Crippen LogP contribution in [0.25, 0.3) is 54.9 Å². The largest absolute Gasteiger partial charge is 2.00 e. The molecule has 0 aliphatic carbocycles. The van der Waals surface area contributed by atoms with E-state index in [1.807, 2.05) is 30.2 Å². The standard InChI is InChI=1S/C53H36N4SSi.Pt/c1-53(2)43-20-10-12-22-47(43)58-48-29-28-45-50(51(48)53)41-27-25-38(34-46(41)57(45)49-23-13-14-30-54-49)59(35-15-5-3-6-16-35,36-17-7-4-8-18-36)37-24-26-39-40-19-9-11-21-44(40)56-32-31-55-52(56)42(39)33-37;/h3-32H,1-2H3;/q-2;+2. The first-order chi connectivity index (χ1) is 29.0. The summed E-state index contributed by atoms with van der Waals surface area (Å²) in [5.74, 6) is 0.875.